The van der Waals surface area contributed by atoms with Gasteiger partial charge in [-0.3, -0.25) is 4.79 Å². The van der Waals surface area contributed by atoms with E-state index in [-0.39, 0.29) is 35.5 Å². The largest absolute Gasteiger partial charge is 0.496 e. The average molecular weight is 269 g/mol. The molecule has 19 heavy (non-hydrogen) atoms. The van der Waals surface area contributed by atoms with Crippen LogP contribution in [0, 0.1) is 11.3 Å². The Hall–Kier alpha value is -2.16. The first-order valence-electron chi connectivity index (χ1n) is 5.58. The SMILES string of the molecule is CCOC(=O)Cc1cc(C(F)F)c(OC)cc1C#N. The molecule has 0 heterocycles. The second-order valence-corrected chi connectivity index (χ2v) is 3.65. The maximum atomic E-state index is 12.8. The van der Waals surface area contributed by atoms with Gasteiger partial charge in [0.2, 0.25) is 0 Å². The van der Waals surface area contributed by atoms with Gasteiger partial charge in [-0.05, 0) is 24.6 Å². The van der Waals surface area contributed by atoms with Crippen molar-refractivity contribution in [2.24, 2.45) is 0 Å². The summed E-state index contributed by atoms with van der Waals surface area (Å²) in [5.41, 5.74) is -0.0212. The molecule has 0 bridgehead atoms. The van der Waals surface area contributed by atoms with Crippen LogP contribution < -0.4 is 4.74 Å². The van der Waals surface area contributed by atoms with Crippen LogP contribution in [-0.2, 0) is 16.0 Å². The zero-order valence-corrected chi connectivity index (χ0v) is 10.6. The lowest BCUT2D eigenvalue weighted by Crippen LogP contribution is -2.09. The number of hydrogen-bond donors (Lipinski definition) is 0. The second-order valence-electron chi connectivity index (χ2n) is 3.65. The first kappa shape index (κ1) is 14.9. The van der Waals surface area contributed by atoms with Crippen molar-refractivity contribution in [3.63, 3.8) is 0 Å². The highest BCUT2D eigenvalue weighted by Gasteiger charge is 2.19. The number of hydrogen-bond acceptors (Lipinski definition) is 4. The Kier molecular flexibility index (Phi) is 5.24. The average Bonchev–Trinajstić information content (AvgIpc) is 2.38. The van der Waals surface area contributed by atoms with Crippen LogP contribution in [-0.4, -0.2) is 19.7 Å². The number of alkyl halides is 2. The molecule has 0 aliphatic heterocycles. The summed E-state index contributed by atoms with van der Waals surface area (Å²) in [5, 5.41) is 8.97. The predicted molar refractivity (Wildman–Crippen MR) is 63.0 cm³/mol. The first-order valence-corrected chi connectivity index (χ1v) is 5.58. The Morgan fingerprint density at radius 1 is 1.47 bits per heavy atom. The Morgan fingerprint density at radius 2 is 2.16 bits per heavy atom. The van der Waals surface area contributed by atoms with Gasteiger partial charge in [0.1, 0.15) is 5.75 Å². The minimum atomic E-state index is -2.75. The normalized spacial score (nSPS) is 10.1. The highest BCUT2D eigenvalue weighted by atomic mass is 19.3. The number of methoxy groups -OCH3 is 1. The van der Waals surface area contributed by atoms with Gasteiger partial charge in [0.15, 0.2) is 0 Å². The summed E-state index contributed by atoms with van der Waals surface area (Å²) in [6, 6.07) is 4.17. The van der Waals surface area contributed by atoms with Crippen molar-refractivity contribution >= 4 is 5.97 Å². The molecule has 1 aromatic rings. The molecule has 0 aliphatic rings. The third kappa shape index (κ3) is 3.65. The van der Waals surface area contributed by atoms with E-state index >= 15 is 0 Å². The summed E-state index contributed by atoms with van der Waals surface area (Å²) in [6.07, 6.45) is -2.97. The van der Waals surface area contributed by atoms with Crippen LogP contribution in [0.4, 0.5) is 8.78 Å². The summed E-state index contributed by atoms with van der Waals surface area (Å²) in [6.45, 7) is 1.83. The number of ether oxygens (including phenoxy) is 2. The number of nitrogens with zero attached hydrogens (tertiary/aromatic N) is 1. The van der Waals surface area contributed by atoms with Crippen LogP contribution in [0.1, 0.15) is 30.0 Å². The van der Waals surface area contributed by atoms with Crippen LogP contribution in [0.3, 0.4) is 0 Å². The molecule has 6 heteroatoms. The number of esters is 1. The Labute approximate surface area is 109 Å². The second kappa shape index (κ2) is 6.69. The molecule has 0 atom stereocenters. The maximum absolute atomic E-state index is 12.8. The molecule has 102 valence electrons. The summed E-state index contributed by atoms with van der Waals surface area (Å²) in [4.78, 5) is 11.4. The minimum absolute atomic E-state index is 0.0702. The van der Waals surface area contributed by atoms with Gasteiger partial charge in [-0.15, -0.1) is 0 Å². The summed E-state index contributed by atoms with van der Waals surface area (Å²) >= 11 is 0. The van der Waals surface area contributed by atoms with E-state index in [9.17, 15) is 13.6 Å². The molecule has 0 unspecified atom stereocenters. The molecule has 0 amide bonds. The molecular formula is C13H13F2NO3. The van der Waals surface area contributed by atoms with Crippen molar-refractivity contribution in [3.8, 4) is 11.8 Å². The Balaban J connectivity index is 3.19. The highest BCUT2D eigenvalue weighted by Crippen LogP contribution is 2.31. The Morgan fingerprint density at radius 3 is 2.63 bits per heavy atom. The van der Waals surface area contributed by atoms with E-state index in [1.54, 1.807) is 6.92 Å². The zero-order chi connectivity index (χ0) is 14.4. The summed E-state index contributed by atoms with van der Waals surface area (Å²) in [7, 11) is 1.24. The van der Waals surface area contributed by atoms with Crippen LogP contribution in [0.5, 0.6) is 5.75 Å². The molecule has 0 saturated carbocycles. The third-order valence-electron chi connectivity index (χ3n) is 2.45. The Bertz CT molecular complexity index is 509. The quantitative estimate of drug-likeness (QED) is 0.771. The molecular weight excluding hydrogens is 256 g/mol. The van der Waals surface area contributed by atoms with E-state index < -0.39 is 12.4 Å². The number of carbonyl (C=O) groups excluding carboxylic acids is 1. The van der Waals surface area contributed by atoms with Crippen molar-refractivity contribution in [2.75, 3.05) is 13.7 Å². The number of carbonyl (C=O) groups is 1. The standard InChI is InChI=1S/C13H13F2NO3/c1-3-19-12(17)6-8-4-10(13(14)15)11(18-2)5-9(8)7-16/h4-5,13H,3,6H2,1-2H3. The fraction of sp³-hybridized carbons (Fsp3) is 0.385. The number of halogens is 2. The highest BCUT2D eigenvalue weighted by molar-refractivity contribution is 5.74. The molecule has 0 radical (unpaired) electrons. The van der Waals surface area contributed by atoms with E-state index in [4.69, 9.17) is 14.7 Å². The van der Waals surface area contributed by atoms with E-state index in [1.807, 2.05) is 6.07 Å². The van der Waals surface area contributed by atoms with Crippen LogP contribution in [0.15, 0.2) is 12.1 Å². The molecule has 0 aromatic heterocycles. The van der Waals surface area contributed by atoms with Gasteiger partial charge >= 0.3 is 5.97 Å². The van der Waals surface area contributed by atoms with Crippen molar-refractivity contribution in [3.05, 3.63) is 28.8 Å². The summed E-state index contributed by atoms with van der Waals surface area (Å²) in [5.74, 6) is -0.636. The number of nitriles is 1. The van der Waals surface area contributed by atoms with Gasteiger partial charge in [-0.25, -0.2) is 8.78 Å². The van der Waals surface area contributed by atoms with Crippen LogP contribution in [0.2, 0.25) is 0 Å². The van der Waals surface area contributed by atoms with Crippen molar-refractivity contribution in [2.45, 2.75) is 19.8 Å². The third-order valence-corrected chi connectivity index (χ3v) is 2.45. The molecule has 0 spiro atoms. The first-order chi connectivity index (χ1) is 9.03. The molecule has 4 nitrogen and oxygen atoms in total. The van der Waals surface area contributed by atoms with Gasteiger partial charge in [-0.2, -0.15) is 5.26 Å². The van der Waals surface area contributed by atoms with Gasteiger partial charge in [0.05, 0.1) is 37.3 Å². The lowest BCUT2D eigenvalue weighted by molar-refractivity contribution is -0.142. The maximum Gasteiger partial charge on any atom is 0.310 e. The molecule has 0 N–H and O–H groups in total. The molecule has 0 aliphatic carbocycles. The van der Waals surface area contributed by atoms with Gasteiger partial charge < -0.3 is 9.47 Å². The monoisotopic (exact) mass is 269 g/mol. The van der Waals surface area contributed by atoms with Crippen molar-refractivity contribution in [1.29, 1.82) is 5.26 Å². The van der Waals surface area contributed by atoms with E-state index in [2.05, 4.69) is 0 Å². The molecule has 1 rings (SSSR count). The van der Waals surface area contributed by atoms with E-state index in [1.165, 1.54) is 13.2 Å². The van der Waals surface area contributed by atoms with E-state index in [0.29, 0.717) is 0 Å². The lowest BCUT2D eigenvalue weighted by Gasteiger charge is -2.11. The minimum Gasteiger partial charge on any atom is -0.496 e. The predicted octanol–water partition coefficient (Wildman–Crippen LogP) is 2.61. The fourth-order valence-corrected chi connectivity index (χ4v) is 1.61. The van der Waals surface area contributed by atoms with Crippen molar-refractivity contribution in [1.82, 2.24) is 0 Å². The van der Waals surface area contributed by atoms with E-state index in [0.717, 1.165) is 6.07 Å². The molecule has 0 fully saturated rings. The van der Waals surface area contributed by atoms with Crippen LogP contribution >= 0.6 is 0 Å². The zero-order valence-electron chi connectivity index (χ0n) is 10.6. The summed E-state index contributed by atoms with van der Waals surface area (Å²) < 4.78 is 35.2. The van der Waals surface area contributed by atoms with Crippen LogP contribution in [0.25, 0.3) is 0 Å². The molecule has 0 saturated heterocycles. The van der Waals surface area contributed by atoms with Gasteiger partial charge in [0.25, 0.3) is 6.43 Å². The molecule has 1 aromatic carbocycles. The topological polar surface area (TPSA) is 59.3 Å². The van der Waals surface area contributed by atoms with Gasteiger partial charge in [-0.1, -0.05) is 0 Å². The number of benzene rings is 1. The smallest absolute Gasteiger partial charge is 0.310 e. The fourth-order valence-electron chi connectivity index (χ4n) is 1.61. The van der Waals surface area contributed by atoms with Crippen molar-refractivity contribution < 1.29 is 23.0 Å². The lowest BCUT2D eigenvalue weighted by atomic mass is 10.0. The number of rotatable bonds is 5. The van der Waals surface area contributed by atoms with Gasteiger partial charge in [0, 0.05) is 0 Å².